The first-order valence-electron chi connectivity index (χ1n) is 7.38. The van der Waals surface area contributed by atoms with Gasteiger partial charge in [-0.15, -0.1) is 0 Å². The van der Waals surface area contributed by atoms with Crippen molar-refractivity contribution in [3.05, 3.63) is 34.4 Å². The molecule has 0 saturated carbocycles. The highest BCUT2D eigenvalue weighted by molar-refractivity contribution is 9.10. The molecule has 24 heavy (non-hydrogen) atoms. The summed E-state index contributed by atoms with van der Waals surface area (Å²) in [5.41, 5.74) is 8.62. The molecule has 0 fully saturated rings. The minimum Gasteiger partial charge on any atom is -0.494 e. The average molecular weight is 414 g/mol. The fourth-order valence-corrected chi connectivity index (χ4v) is 3.90. The van der Waals surface area contributed by atoms with Crippen molar-refractivity contribution in [2.45, 2.75) is 20.3 Å². The summed E-state index contributed by atoms with van der Waals surface area (Å²) in [6.07, 6.45) is 2.14. The van der Waals surface area contributed by atoms with Gasteiger partial charge in [-0.1, -0.05) is 6.92 Å². The van der Waals surface area contributed by atoms with Crippen LogP contribution in [-0.2, 0) is 10.0 Å². The molecular formula is C16H20BrN3O3S. The van der Waals surface area contributed by atoms with Gasteiger partial charge in [0.2, 0.25) is 10.0 Å². The van der Waals surface area contributed by atoms with Gasteiger partial charge in [0.15, 0.2) is 0 Å². The maximum absolute atomic E-state index is 12.1. The smallest absolute Gasteiger partial charge is 0.232 e. The number of hydrogen-bond donors (Lipinski definition) is 2. The van der Waals surface area contributed by atoms with Crippen molar-refractivity contribution in [2.75, 3.05) is 23.3 Å². The standard InChI is InChI=1S/C16H20BrN3O3S/c1-4-5-24(21,22)20-14-7-11(6-10(2)15(14)23-3)13-8-12(17)9-19-16(13)18/h6-9,20H,4-5H2,1-3H3,(H2,18,19). The van der Waals surface area contributed by atoms with E-state index in [-0.39, 0.29) is 5.75 Å². The molecule has 0 amide bonds. The Balaban J connectivity index is 2.59. The molecule has 3 N–H and O–H groups in total. The third-order valence-electron chi connectivity index (χ3n) is 3.41. The molecule has 130 valence electrons. The number of rotatable bonds is 6. The van der Waals surface area contributed by atoms with E-state index in [4.69, 9.17) is 10.5 Å². The number of aromatic nitrogens is 1. The summed E-state index contributed by atoms with van der Waals surface area (Å²) in [4.78, 5) is 4.12. The largest absolute Gasteiger partial charge is 0.494 e. The number of pyridine rings is 1. The molecule has 0 radical (unpaired) electrons. The van der Waals surface area contributed by atoms with Gasteiger partial charge >= 0.3 is 0 Å². The monoisotopic (exact) mass is 413 g/mol. The van der Waals surface area contributed by atoms with E-state index >= 15 is 0 Å². The van der Waals surface area contributed by atoms with Crippen molar-refractivity contribution in [1.29, 1.82) is 0 Å². The highest BCUT2D eigenvalue weighted by Gasteiger charge is 2.17. The van der Waals surface area contributed by atoms with Crippen LogP contribution in [0.2, 0.25) is 0 Å². The lowest BCUT2D eigenvalue weighted by Crippen LogP contribution is -2.17. The number of nitrogens with zero attached hydrogens (tertiary/aromatic N) is 1. The summed E-state index contributed by atoms with van der Waals surface area (Å²) in [5, 5.41) is 0. The Kier molecular flexibility index (Phi) is 5.71. The van der Waals surface area contributed by atoms with Gasteiger partial charge < -0.3 is 10.5 Å². The van der Waals surface area contributed by atoms with Crippen LogP contribution in [-0.4, -0.2) is 26.3 Å². The molecule has 1 aromatic heterocycles. The van der Waals surface area contributed by atoms with Gasteiger partial charge in [0.25, 0.3) is 0 Å². The first-order valence-corrected chi connectivity index (χ1v) is 9.82. The summed E-state index contributed by atoms with van der Waals surface area (Å²) >= 11 is 3.37. The minimum absolute atomic E-state index is 0.0417. The van der Waals surface area contributed by atoms with E-state index in [1.165, 1.54) is 7.11 Å². The number of aryl methyl sites for hydroxylation is 1. The van der Waals surface area contributed by atoms with Crippen LogP contribution in [0.1, 0.15) is 18.9 Å². The van der Waals surface area contributed by atoms with Crippen LogP contribution in [0, 0.1) is 6.92 Å². The molecule has 0 bridgehead atoms. The second-order valence-corrected chi connectivity index (χ2v) is 8.14. The molecule has 0 aliphatic carbocycles. The van der Waals surface area contributed by atoms with Gasteiger partial charge in [0.05, 0.1) is 18.6 Å². The van der Waals surface area contributed by atoms with Crippen molar-refractivity contribution in [3.8, 4) is 16.9 Å². The minimum atomic E-state index is -3.44. The van der Waals surface area contributed by atoms with Crippen LogP contribution in [0.25, 0.3) is 11.1 Å². The maximum atomic E-state index is 12.1. The fraction of sp³-hybridized carbons (Fsp3) is 0.312. The van der Waals surface area contributed by atoms with E-state index in [2.05, 4.69) is 25.6 Å². The quantitative estimate of drug-likeness (QED) is 0.754. The first-order chi connectivity index (χ1) is 11.3. The van der Waals surface area contributed by atoms with Gasteiger partial charge in [-0.25, -0.2) is 13.4 Å². The molecule has 0 spiro atoms. The Labute approximate surface area is 150 Å². The molecule has 1 heterocycles. The topological polar surface area (TPSA) is 94.3 Å². The Bertz CT molecular complexity index is 854. The van der Waals surface area contributed by atoms with Crippen LogP contribution in [0.3, 0.4) is 0 Å². The number of sulfonamides is 1. The van der Waals surface area contributed by atoms with Gasteiger partial charge in [-0.3, -0.25) is 4.72 Å². The Hall–Kier alpha value is -1.80. The second kappa shape index (κ2) is 7.40. The summed E-state index contributed by atoms with van der Waals surface area (Å²) in [6, 6.07) is 5.43. The van der Waals surface area contributed by atoms with E-state index < -0.39 is 10.0 Å². The number of anilines is 2. The maximum Gasteiger partial charge on any atom is 0.232 e. The number of nitrogens with one attached hydrogen (secondary N) is 1. The van der Waals surface area contributed by atoms with Gasteiger partial charge in [0.1, 0.15) is 11.6 Å². The van der Waals surface area contributed by atoms with E-state index in [9.17, 15) is 8.42 Å². The number of nitrogen functional groups attached to an aromatic ring is 1. The normalized spacial score (nSPS) is 11.3. The number of halogens is 1. The zero-order valence-electron chi connectivity index (χ0n) is 13.8. The van der Waals surface area contributed by atoms with E-state index in [0.29, 0.717) is 29.2 Å². The fourth-order valence-electron chi connectivity index (χ4n) is 2.44. The lowest BCUT2D eigenvalue weighted by molar-refractivity contribution is 0.414. The molecule has 2 aromatic rings. The summed E-state index contributed by atoms with van der Waals surface area (Å²) < 4.78 is 33.0. The number of nitrogens with two attached hydrogens (primary N) is 1. The zero-order chi connectivity index (χ0) is 17.9. The lowest BCUT2D eigenvalue weighted by atomic mass is 10.0. The molecule has 1 aromatic carbocycles. The Morgan fingerprint density at radius 1 is 1.33 bits per heavy atom. The Morgan fingerprint density at radius 2 is 2.04 bits per heavy atom. The number of benzene rings is 1. The van der Waals surface area contributed by atoms with Crippen molar-refractivity contribution in [1.82, 2.24) is 4.98 Å². The van der Waals surface area contributed by atoms with E-state index in [0.717, 1.165) is 15.6 Å². The van der Waals surface area contributed by atoms with Crippen LogP contribution in [0.5, 0.6) is 5.75 Å². The molecule has 8 heteroatoms. The molecular weight excluding hydrogens is 394 g/mol. The van der Waals surface area contributed by atoms with Gasteiger partial charge in [-0.05, 0) is 58.6 Å². The highest BCUT2D eigenvalue weighted by atomic mass is 79.9. The molecule has 6 nitrogen and oxygen atoms in total. The van der Waals surface area contributed by atoms with Crippen molar-refractivity contribution in [3.63, 3.8) is 0 Å². The van der Waals surface area contributed by atoms with Crippen molar-refractivity contribution >= 4 is 37.5 Å². The first kappa shape index (κ1) is 18.5. The predicted molar refractivity (Wildman–Crippen MR) is 101 cm³/mol. The van der Waals surface area contributed by atoms with Gasteiger partial charge in [0, 0.05) is 16.2 Å². The molecule has 2 rings (SSSR count). The van der Waals surface area contributed by atoms with Crippen LogP contribution in [0.15, 0.2) is 28.9 Å². The summed E-state index contributed by atoms with van der Waals surface area (Å²) in [6.45, 7) is 3.66. The Morgan fingerprint density at radius 3 is 2.67 bits per heavy atom. The summed E-state index contributed by atoms with van der Waals surface area (Å²) in [5.74, 6) is 0.894. The molecule has 0 unspecified atom stereocenters. The molecule has 0 aliphatic rings. The molecule has 0 atom stereocenters. The zero-order valence-corrected chi connectivity index (χ0v) is 16.2. The molecule has 0 aliphatic heterocycles. The molecule has 0 saturated heterocycles. The average Bonchev–Trinajstić information content (AvgIpc) is 2.49. The van der Waals surface area contributed by atoms with Crippen molar-refractivity contribution < 1.29 is 13.2 Å². The van der Waals surface area contributed by atoms with Gasteiger partial charge in [-0.2, -0.15) is 0 Å². The highest BCUT2D eigenvalue weighted by Crippen LogP contribution is 2.37. The van der Waals surface area contributed by atoms with Crippen LogP contribution < -0.4 is 15.2 Å². The number of hydrogen-bond acceptors (Lipinski definition) is 5. The van der Waals surface area contributed by atoms with E-state index in [1.807, 2.05) is 26.0 Å². The van der Waals surface area contributed by atoms with Crippen LogP contribution in [0.4, 0.5) is 11.5 Å². The predicted octanol–water partition coefficient (Wildman–Crippen LogP) is 3.56. The number of ether oxygens (including phenoxy) is 1. The third-order valence-corrected chi connectivity index (χ3v) is 5.32. The second-order valence-electron chi connectivity index (χ2n) is 5.38. The van der Waals surface area contributed by atoms with Crippen molar-refractivity contribution in [2.24, 2.45) is 0 Å². The summed E-state index contributed by atoms with van der Waals surface area (Å²) in [7, 11) is -1.93. The lowest BCUT2D eigenvalue weighted by Gasteiger charge is -2.16. The third kappa shape index (κ3) is 4.18. The van der Waals surface area contributed by atoms with E-state index in [1.54, 1.807) is 12.3 Å². The SMILES string of the molecule is CCCS(=O)(=O)Nc1cc(-c2cc(Br)cnc2N)cc(C)c1OC. The number of methoxy groups -OCH3 is 1. The van der Waals surface area contributed by atoms with Crippen LogP contribution >= 0.6 is 15.9 Å².